The highest BCUT2D eigenvalue weighted by Gasteiger charge is 2.36. The highest BCUT2D eigenvalue weighted by Crippen LogP contribution is 2.24. The molecule has 2 atom stereocenters. The van der Waals surface area contributed by atoms with Gasteiger partial charge in [0.25, 0.3) is 5.91 Å². The second-order valence-corrected chi connectivity index (χ2v) is 5.33. The highest BCUT2D eigenvalue weighted by molar-refractivity contribution is 6.31. The van der Waals surface area contributed by atoms with E-state index in [9.17, 15) is 14.0 Å². The molecule has 0 spiro atoms. The molecule has 1 amide bonds. The second kappa shape index (κ2) is 6.41. The summed E-state index contributed by atoms with van der Waals surface area (Å²) in [6.07, 6.45) is -1.13. The lowest BCUT2D eigenvalue weighted by Gasteiger charge is -2.21. The van der Waals surface area contributed by atoms with E-state index in [2.05, 4.69) is 0 Å². The Hall–Kier alpha value is -1.66. The van der Waals surface area contributed by atoms with Gasteiger partial charge in [0.05, 0.1) is 0 Å². The number of likely N-dealkylation sites (N-methyl/N-ethyl adjacent to an activating group) is 1. The molecule has 114 valence electrons. The summed E-state index contributed by atoms with van der Waals surface area (Å²) in [5.74, 6) is -1.94. The largest absolute Gasteiger partial charge is 0.479 e. The quantitative estimate of drug-likeness (QED) is 0.923. The van der Waals surface area contributed by atoms with Crippen molar-refractivity contribution in [2.24, 2.45) is 0 Å². The smallest absolute Gasteiger partial charge is 0.332 e. The molecule has 0 aromatic heterocycles. The van der Waals surface area contributed by atoms with Gasteiger partial charge in [-0.15, -0.1) is 0 Å². The second-order valence-electron chi connectivity index (χ2n) is 4.92. The van der Waals surface area contributed by atoms with Gasteiger partial charge in [0.15, 0.2) is 6.10 Å². The Morgan fingerprint density at radius 1 is 1.43 bits per heavy atom. The fourth-order valence-corrected chi connectivity index (χ4v) is 2.47. The Morgan fingerprint density at radius 3 is 2.67 bits per heavy atom. The van der Waals surface area contributed by atoms with Gasteiger partial charge in [-0.2, -0.15) is 0 Å². The molecule has 0 aliphatic carbocycles. The van der Waals surface area contributed by atoms with Gasteiger partial charge < -0.3 is 14.7 Å². The average Bonchev–Trinajstić information content (AvgIpc) is 2.92. The SMILES string of the molecule is CN(Cc1c(F)cccc1Cl)C(=O)[C@@H]1CC[C@H](C(=O)O)O1. The third kappa shape index (κ3) is 3.51. The Balaban J connectivity index is 2.02. The summed E-state index contributed by atoms with van der Waals surface area (Å²) in [4.78, 5) is 24.3. The van der Waals surface area contributed by atoms with Gasteiger partial charge >= 0.3 is 5.97 Å². The summed E-state index contributed by atoms with van der Waals surface area (Å²) in [7, 11) is 1.50. The first-order chi connectivity index (χ1) is 9.90. The number of carbonyl (C=O) groups is 2. The summed E-state index contributed by atoms with van der Waals surface area (Å²) < 4.78 is 18.9. The lowest BCUT2D eigenvalue weighted by Crippen LogP contribution is -2.37. The predicted octanol–water partition coefficient (Wildman–Crippen LogP) is 2.07. The third-order valence-electron chi connectivity index (χ3n) is 3.40. The molecule has 21 heavy (non-hydrogen) atoms. The van der Waals surface area contributed by atoms with Gasteiger partial charge in [0, 0.05) is 24.2 Å². The standard InChI is InChI=1S/C14H15ClFNO4/c1-17(7-8-9(15)3-2-4-10(8)16)13(18)11-5-6-12(21-11)14(19)20/h2-4,11-12H,5-7H2,1H3,(H,19,20)/t11-,12+/m0/s1. The maximum absolute atomic E-state index is 13.7. The van der Waals surface area contributed by atoms with E-state index in [1.165, 1.54) is 24.1 Å². The van der Waals surface area contributed by atoms with Crippen molar-refractivity contribution in [1.29, 1.82) is 0 Å². The first-order valence-corrected chi connectivity index (χ1v) is 6.84. The number of halogens is 2. The zero-order valence-corrected chi connectivity index (χ0v) is 12.1. The molecule has 2 rings (SSSR count). The minimum Gasteiger partial charge on any atom is -0.479 e. The van der Waals surface area contributed by atoms with E-state index in [1.807, 2.05) is 0 Å². The van der Waals surface area contributed by atoms with Crippen molar-refractivity contribution in [3.63, 3.8) is 0 Å². The monoisotopic (exact) mass is 315 g/mol. The van der Waals surface area contributed by atoms with Crippen LogP contribution in [0.2, 0.25) is 5.02 Å². The van der Waals surface area contributed by atoms with Gasteiger partial charge in [-0.25, -0.2) is 9.18 Å². The molecule has 0 saturated carbocycles. The molecule has 1 aromatic rings. The van der Waals surface area contributed by atoms with E-state index in [-0.39, 0.29) is 23.0 Å². The number of rotatable bonds is 4. The van der Waals surface area contributed by atoms with E-state index in [4.69, 9.17) is 21.4 Å². The molecule has 0 radical (unpaired) electrons. The number of ether oxygens (including phenoxy) is 1. The van der Waals surface area contributed by atoms with Crippen molar-refractivity contribution in [2.75, 3.05) is 7.05 Å². The van der Waals surface area contributed by atoms with Crippen LogP contribution in [-0.2, 0) is 20.9 Å². The Bertz CT molecular complexity index is 546. The predicted molar refractivity (Wildman–Crippen MR) is 73.4 cm³/mol. The molecule has 0 bridgehead atoms. The van der Waals surface area contributed by atoms with Crippen molar-refractivity contribution < 1.29 is 23.8 Å². The molecule has 7 heteroatoms. The molecule has 0 unspecified atom stereocenters. The van der Waals surface area contributed by atoms with Crippen LogP contribution in [-0.4, -0.2) is 41.1 Å². The summed E-state index contributed by atoms with van der Waals surface area (Å²) in [5, 5.41) is 9.08. The van der Waals surface area contributed by atoms with Crippen LogP contribution in [0.5, 0.6) is 0 Å². The summed E-state index contributed by atoms with van der Waals surface area (Å²) in [5.41, 5.74) is 0.225. The van der Waals surface area contributed by atoms with Gasteiger partial charge in [-0.3, -0.25) is 4.79 Å². The van der Waals surface area contributed by atoms with Crippen LogP contribution in [0.1, 0.15) is 18.4 Å². The van der Waals surface area contributed by atoms with Crippen LogP contribution < -0.4 is 0 Å². The van der Waals surface area contributed by atoms with Crippen LogP contribution in [0, 0.1) is 5.82 Å². The van der Waals surface area contributed by atoms with E-state index in [1.54, 1.807) is 6.07 Å². The van der Waals surface area contributed by atoms with Gasteiger partial charge in [0.2, 0.25) is 0 Å². The zero-order chi connectivity index (χ0) is 15.6. The molecule has 1 aliphatic heterocycles. The Kier molecular flexibility index (Phi) is 4.80. The van der Waals surface area contributed by atoms with Crippen LogP contribution >= 0.6 is 11.6 Å². The number of hydrogen-bond acceptors (Lipinski definition) is 3. The van der Waals surface area contributed by atoms with E-state index in [0.29, 0.717) is 12.8 Å². The number of hydrogen-bond donors (Lipinski definition) is 1. The van der Waals surface area contributed by atoms with Gasteiger partial charge in [-0.05, 0) is 25.0 Å². The molecular weight excluding hydrogens is 301 g/mol. The zero-order valence-electron chi connectivity index (χ0n) is 11.4. The molecule has 5 nitrogen and oxygen atoms in total. The van der Waals surface area contributed by atoms with Crippen molar-refractivity contribution in [2.45, 2.75) is 31.6 Å². The van der Waals surface area contributed by atoms with Gasteiger partial charge in [0.1, 0.15) is 11.9 Å². The first-order valence-electron chi connectivity index (χ1n) is 6.46. The van der Waals surface area contributed by atoms with Crippen molar-refractivity contribution >= 4 is 23.5 Å². The number of carboxylic acids is 1. The number of nitrogens with zero attached hydrogens (tertiary/aromatic N) is 1. The molecule has 1 aliphatic rings. The van der Waals surface area contributed by atoms with Crippen molar-refractivity contribution in [3.05, 3.63) is 34.6 Å². The van der Waals surface area contributed by atoms with Crippen LogP contribution in [0.25, 0.3) is 0 Å². The minimum absolute atomic E-state index is 0.00192. The summed E-state index contributed by atoms with van der Waals surface area (Å²) in [6, 6.07) is 4.30. The van der Waals surface area contributed by atoms with Gasteiger partial charge in [-0.1, -0.05) is 17.7 Å². The fourth-order valence-electron chi connectivity index (χ4n) is 2.24. The lowest BCUT2D eigenvalue weighted by atomic mass is 10.1. The van der Waals surface area contributed by atoms with Crippen LogP contribution in [0.4, 0.5) is 4.39 Å². The van der Waals surface area contributed by atoms with Crippen LogP contribution in [0.3, 0.4) is 0 Å². The third-order valence-corrected chi connectivity index (χ3v) is 3.76. The van der Waals surface area contributed by atoms with Crippen LogP contribution in [0.15, 0.2) is 18.2 Å². The number of benzene rings is 1. The molecular formula is C14H15ClFNO4. The van der Waals surface area contributed by atoms with E-state index < -0.39 is 24.0 Å². The summed E-state index contributed by atoms with van der Waals surface area (Å²) >= 11 is 5.92. The number of aliphatic carboxylic acids is 1. The fraction of sp³-hybridized carbons (Fsp3) is 0.429. The lowest BCUT2D eigenvalue weighted by molar-refractivity contribution is -0.154. The molecule has 1 N–H and O–H groups in total. The maximum Gasteiger partial charge on any atom is 0.332 e. The highest BCUT2D eigenvalue weighted by atomic mass is 35.5. The average molecular weight is 316 g/mol. The number of carbonyl (C=O) groups excluding carboxylic acids is 1. The number of amides is 1. The van der Waals surface area contributed by atoms with E-state index >= 15 is 0 Å². The van der Waals surface area contributed by atoms with E-state index in [0.717, 1.165) is 0 Å². The molecule has 1 heterocycles. The molecule has 1 fully saturated rings. The van der Waals surface area contributed by atoms with Crippen molar-refractivity contribution in [3.8, 4) is 0 Å². The molecule has 1 saturated heterocycles. The first kappa shape index (κ1) is 15.7. The Labute approximate surface area is 126 Å². The maximum atomic E-state index is 13.7. The minimum atomic E-state index is -1.08. The topological polar surface area (TPSA) is 66.8 Å². The summed E-state index contributed by atoms with van der Waals surface area (Å²) in [6.45, 7) is 0.00192. The Morgan fingerprint density at radius 2 is 2.10 bits per heavy atom. The molecule has 1 aromatic carbocycles. The normalized spacial score (nSPS) is 21.3. The van der Waals surface area contributed by atoms with Crippen molar-refractivity contribution in [1.82, 2.24) is 4.90 Å². The number of carboxylic acid groups (broad SMARTS) is 1.